The molecule has 18 heavy (non-hydrogen) atoms. The lowest BCUT2D eigenvalue weighted by Crippen LogP contribution is -2.27. The minimum absolute atomic E-state index is 0.569. The van der Waals surface area contributed by atoms with Crippen LogP contribution in [0, 0.1) is 13.8 Å². The molecule has 0 amide bonds. The number of nitrogens with one attached hydrogen (secondary N) is 1. The van der Waals surface area contributed by atoms with E-state index in [4.69, 9.17) is 0 Å². The van der Waals surface area contributed by atoms with Crippen molar-refractivity contribution in [3.63, 3.8) is 0 Å². The van der Waals surface area contributed by atoms with E-state index in [2.05, 4.69) is 49.5 Å². The Morgan fingerprint density at radius 3 is 2.72 bits per heavy atom. The minimum atomic E-state index is 0.569. The monoisotopic (exact) mass is 235 g/mol. The van der Waals surface area contributed by atoms with Gasteiger partial charge in [0.15, 0.2) is 0 Å². The van der Waals surface area contributed by atoms with Gasteiger partial charge < -0.3 is 5.32 Å². The zero-order valence-electron chi connectivity index (χ0n) is 10.9. The average Bonchev–Trinajstić information content (AvgIpc) is 2.65. The lowest BCUT2D eigenvalue weighted by Gasteiger charge is -2.24. The van der Waals surface area contributed by atoms with E-state index in [0.29, 0.717) is 5.92 Å². The molecule has 0 saturated heterocycles. The molecule has 0 aromatic heterocycles. The number of rotatable bonds is 0. The zero-order chi connectivity index (χ0) is 12.3. The molecule has 2 aromatic carbocycles. The Morgan fingerprint density at radius 1 is 1.00 bits per heavy atom. The van der Waals surface area contributed by atoms with Crippen LogP contribution in [0.5, 0.6) is 0 Å². The van der Waals surface area contributed by atoms with E-state index < -0.39 is 0 Å². The number of benzene rings is 2. The third kappa shape index (κ3) is 1.25. The summed E-state index contributed by atoms with van der Waals surface area (Å²) >= 11 is 0. The van der Waals surface area contributed by atoms with E-state index >= 15 is 0 Å². The normalized spacial score (nSPS) is 19.6. The Kier molecular flexibility index (Phi) is 1.98. The van der Waals surface area contributed by atoms with Gasteiger partial charge in [0, 0.05) is 19.0 Å². The van der Waals surface area contributed by atoms with Gasteiger partial charge in [-0.1, -0.05) is 41.5 Å². The molecular formula is C17H17N. The van der Waals surface area contributed by atoms with Crippen LogP contribution in [0.3, 0.4) is 0 Å². The lowest BCUT2D eigenvalue weighted by atomic mass is 9.89. The Balaban J connectivity index is 2.09. The van der Waals surface area contributed by atoms with Gasteiger partial charge in [-0.2, -0.15) is 0 Å². The standard InChI is InChI=1S/C17H17N/c1-10-3-4-13-14(6-10)15-7-11(2)5-12-8-18-9-16(13)17(12)15/h3-7,16,18H,8-9H2,1-2H3. The average molecular weight is 235 g/mol. The van der Waals surface area contributed by atoms with Crippen LogP contribution in [-0.2, 0) is 6.54 Å². The molecule has 1 atom stereocenters. The van der Waals surface area contributed by atoms with Crippen molar-refractivity contribution < 1.29 is 0 Å². The first kappa shape index (κ1) is 10.3. The van der Waals surface area contributed by atoms with Crippen LogP contribution in [0.15, 0.2) is 30.3 Å². The van der Waals surface area contributed by atoms with Crippen molar-refractivity contribution in [3.05, 3.63) is 58.1 Å². The molecule has 0 bridgehead atoms. The zero-order valence-corrected chi connectivity index (χ0v) is 10.9. The molecular weight excluding hydrogens is 218 g/mol. The quantitative estimate of drug-likeness (QED) is 0.736. The SMILES string of the molecule is Cc1ccc2c(c1)-c1cc(C)cc3c1C2CNC3. The molecule has 0 spiro atoms. The summed E-state index contributed by atoms with van der Waals surface area (Å²) in [6.45, 7) is 6.49. The summed E-state index contributed by atoms with van der Waals surface area (Å²) in [5, 5.41) is 3.56. The summed E-state index contributed by atoms with van der Waals surface area (Å²) in [5.41, 5.74) is 10.3. The van der Waals surface area contributed by atoms with Crippen LogP contribution < -0.4 is 5.32 Å². The van der Waals surface area contributed by atoms with Crippen LogP contribution in [0.1, 0.15) is 33.7 Å². The summed E-state index contributed by atoms with van der Waals surface area (Å²) in [6.07, 6.45) is 0. The Hall–Kier alpha value is -1.60. The van der Waals surface area contributed by atoms with Crippen molar-refractivity contribution in [1.29, 1.82) is 0 Å². The van der Waals surface area contributed by atoms with Crippen LogP contribution in [0.4, 0.5) is 0 Å². The summed E-state index contributed by atoms with van der Waals surface area (Å²) in [5.74, 6) is 0.569. The van der Waals surface area contributed by atoms with Crippen molar-refractivity contribution in [3.8, 4) is 11.1 Å². The maximum Gasteiger partial charge on any atom is 0.0230 e. The van der Waals surface area contributed by atoms with Crippen molar-refractivity contribution in [2.75, 3.05) is 6.54 Å². The van der Waals surface area contributed by atoms with Gasteiger partial charge in [0.1, 0.15) is 0 Å². The summed E-state index contributed by atoms with van der Waals surface area (Å²) < 4.78 is 0. The van der Waals surface area contributed by atoms with Crippen molar-refractivity contribution in [2.24, 2.45) is 0 Å². The van der Waals surface area contributed by atoms with E-state index in [1.165, 1.54) is 33.4 Å². The molecule has 2 aromatic rings. The van der Waals surface area contributed by atoms with E-state index in [-0.39, 0.29) is 0 Å². The van der Waals surface area contributed by atoms with Crippen LogP contribution in [0.2, 0.25) is 0 Å². The maximum absolute atomic E-state index is 3.56. The third-order valence-electron chi connectivity index (χ3n) is 4.30. The molecule has 2 aliphatic rings. The largest absolute Gasteiger partial charge is 0.312 e. The molecule has 1 aliphatic heterocycles. The van der Waals surface area contributed by atoms with E-state index in [0.717, 1.165) is 13.1 Å². The topological polar surface area (TPSA) is 12.0 Å². The third-order valence-corrected chi connectivity index (χ3v) is 4.30. The molecule has 1 unspecified atom stereocenters. The molecule has 4 rings (SSSR count). The second kappa shape index (κ2) is 3.46. The van der Waals surface area contributed by atoms with Crippen LogP contribution in [0.25, 0.3) is 11.1 Å². The van der Waals surface area contributed by atoms with Gasteiger partial charge in [0.2, 0.25) is 0 Å². The van der Waals surface area contributed by atoms with Gasteiger partial charge in [0.25, 0.3) is 0 Å². The molecule has 1 aliphatic carbocycles. The minimum Gasteiger partial charge on any atom is -0.312 e. The first-order valence-electron chi connectivity index (χ1n) is 6.69. The Morgan fingerprint density at radius 2 is 1.83 bits per heavy atom. The second-order valence-corrected chi connectivity index (χ2v) is 5.66. The molecule has 0 saturated carbocycles. The highest BCUT2D eigenvalue weighted by Gasteiger charge is 2.32. The predicted molar refractivity (Wildman–Crippen MR) is 74.9 cm³/mol. The first-order valence-corrected chi connectivity index (χ1v) is 6.69. The molecule has 0 fully saturated rings. The summed E-state index contributed by atoms with van der Waals surface area (Å²) in [7, 11) is 0. The predicted octanol–water partition coefficient (Wildman–Crippen LogP) is 3.52. The molecule has 1 nitrogen and oxygen atoms in total. The van der Waals surface area contributed by atoms with Gasteiger partial charge in [-0.05, 0) is 41.7 Å². The highest BCUT2D eigenvalue weighted by molar-refractivity contribution is 5.81. The number of aryl methyl sites for hydroxylation is 2. The van der Waals surface area contributed by atoms with Gasteiger partial charge in [0.05, 0.1) is 0 Å². The Bertz CT molecular complexity index is 655. The van der Waals surface area contributed by atoms with Gasteiger partial charge in [-0.3, -0.25) is 0 Å². The highest BCUT2D eigenvalue weighted by atomic mass is 14.9. The van der Waals surface area contributed by atoms with Crippen molar-refractivity contribution in [1.82, 2.24) is 5.32 Å². The lowest BCUT2D eigenvalue weighted by molar-refractivity contribution is 0.600. The van der Waals surface area contributed by atoms with Gasteiger partial charge in [-0.25, -0.2) is 0 Å². The van der Waals surface area contributed by atoms with E-state index in [1.807, 2.05) is 0 Å². The fourth-order valence-corrected chi connectivity index (χ4v) is 3.58. The van der Waals surface area contributed by atoms with E-state index in [9.17, 15) is 0 Å². The first-order chi connectivity index (χ1) is 8.74. The van der Waals surface area contributed by atoms with E-state index in [1.54, 1.807) is 5.56 Å². The maximum atomic E-state index is 3.56. The number of fused-ring (bicyclic) bond motifs is 3. The molecule has 0 radical (unpaired) electrons. The smallest absolute Gasteiger partial charge is 0.0230 e. The fraction of sp³-hybridized carbons (Fsp3) is 0.294. The number of hydrogen-bond donors (Lipinski definition) is 1. The summed E-state index contributed by atoms with van der Waals surface area (Å²) in [6, 6.07) is 11.6. The van der Waals surface area contributed by atoms with Gasteiger partial charge in [-0.15, -0.1) is 0 Å². The fourth-order valence-electron chi connectivity index (χ4n) is 3.58. The second-order valence-electron chi connectivity index (χ2n) is 5.66. The molecule has 1 heterocycles. The van der Waals surface area contributed by atoms with Crippen LogP contribution >= 0.6 is 0 Å². The van der Waals surface area contributed by atoms with Crippen LogP contribution in [-0.4, -0.2) is 6.54 Å². The molecule has 1 N–H and O–H groups in total. The summed E-state index contributed by atoms with van der Waals surface area (Å²) in [4.78, 5) is 0. The Labute approximate surface area is 108 Å². The molecule has 1 heteroatoms. The van der Waals surface area contributed by atoms with Crippen molar-refractivity contribution >= 4 is 0 Å². The highest BCUT2D eigenvalue weighted by Crippen LogP contribution is 2.48. The molecule has 90 valence electrons. The number of hydrogen-bond acceptors (Lipinski definition) is 1. The van der Waals surface area contributed by atoms with Crippen molar-refractivity contribution in [2.45, 2.75) is 26.3 Å². The van der Waals surface area contributed by atoms with Gasteiger partial charge >= 0.3 is 0 Å².